The Balaban J connectivity index is 2.05. The normalized spacial score (nSPS) is 10.9. The Kier molecular flexibility index (Phi) is 3.09. The first-order valence-electron chi connectivity index (χ1n) is 6.96. The van der Waals surface area contributed by atoms with E-state index in [9.17, 15) is 4.79 Å². The lowest BCUT2D eigenvalue weighted by Gasteiger charge is -2.06. The van der Waals surface area contributed by atoms with E-state index in [-0.39, 0.29) is 5.56 Å². The average molecular weight is 304 g/mol. The lowest BCUT2D eigenvalue weighted by Crippen LogP contribution is -1.99. The molecule has 22 heavy (non-hydrogen) atoms. The highest BCUT2D eigenvalue weighted by Gasteiger charge is 2.13. The molecule has 0 atom stereocenters. The van der Waals surface area contributed by atoms with E-state index in [1.807, 2.05) is 66.7 Å². The standard InChI is InChI=1S/C18H12N2OS/c21-17-16-14(12-7-3-1-4-8-12)11-15(19-18(16)22-20-17)13-9-5-2-6-10-13/h1-11H,(H,20,21). The summed E-state index contributed by atoms with van der Waals surface area (Å²) in [7, 11) is 0. The highest BCUT2D eigenvalue weighted by molar-refractivity contribution is 7.12. The van der Waals surface area contributed by atoms with E-state index in [1.165, 1.54) is 11.5 Å². The fraction of sp³-hybridized carbons (Fsp3) is 0. The Labute approximate surface area is 131 Å². The molecule has 4 rings (SSSR count). The third-order valence-electron chi connectivity index (χ3n) is 3.61. The first-order chi connectivity index (χ1) is 10.8. The molecule has 0 aliphatic carbocycles. The van der Waals surface area contributed by atoms with Crippen LogP contribution in [-0.2, 0) is 0 Å². The van der Waals surface area contributed by atoms with Crippen molar-refractivity contribution in [2.45, 2.75) is 0 Å². The molecule has 2 heterocycles. The largest absolute Gasteiger partial charge is 0.275 e. The molecule has 3 nitrogen and oxygen atoms in total. The van der Waals surface area contributed by atoms with Gasteiger partial charge in [0.15, 0.2) is 0 Å². The van der Waals surface area contributed by atoms with Gasteiger partial charge >= 0.3 is 0 Å². The molecule has 4 heteroatoms. The number of nitrogens with zero attached hydrogens (tertiary/aromatic N) is 1. The van der Waals surface area contributed by atoms with Gasteiger partial charge in [0.25, 0.3) is 5.56 Å². The minimum absolute atomic E-state index is 0.0778. The van der Waals surface area contributed by atoms with Gasteiger partial charge in [-0.3, -0.25) is 9.17 Å². The molecule has 4 aromatic rings. The second-order valence-electron chi connectivity index (χ2n) is 5.00. The maximum Gasteiger partial charge on any atom is 0.268 e. The van der Waals surface area contributed by atoms with Gasteiger partial charge in [-0.1, -0.05) is 60.7 Å². The van der Waals surface area contributed by atoms with Crippen LogP contribution in [0, 0.1) is 0 Å². The summed E-state index contributed by atoms with van der Waals surface area (Å²) in [5, 5.41) is 0.663. The lowest BCUT2D eigenvalue weighted by molar-refractivity contribution is 1.41. The highest BCUT2D eigenvalue weighted by atomic mass is 32.1. The fourth-order valence-corrected chi connectivity index (χ4v) is 3.30. The maximum absolute atomic E-state index is 12.1. The molecule has 0 aliphatic rings. The molecule has 0 saturated heterocycles. The number of hydrogen-bond donors (Lipinski definition) is 1. The molecule has 2 aromatic carbocycles. The van der Waals surface area contributed by atoms with Crippen LogP contribution >= 0.6 is 11.5 Å². The van der Waals surface area contributed by atoms with Crippen LogP contribution in [0.2, 0.25) is 0 Å². The minimum atomic E-state index is -0.0778. The predicted octanol–water partition coefficient (Wildman–Crippen LogP) is 4.32. The van der Waals surface area contributed by atoms with Crippen molar-refractivity contribution in [3.05, 3.63) is 77.1 Å². The number of aromatic nitrogens is 2. The molecule has 0 spiro atoms. The van der Waals surface area contributed by atoms with Gasteiger partial charge in [0.05, 0.1) is 11.1 Å². The molecule has 0 fully saturated rings. The van der Waals surface area contributed by atoms with Crippen LogP contribution in [0.5, 0.6) is 0 Å². The van der Waals surface area contributed by atoms with Crippen molar-refractivity contribution in [3.63, 3.8) is 0 Å². The number of hydrogen-bond acceptors (Lipinski definition) is 3. The molecule has 0 radical (unpaired) electrons. The van der Waals surface area contributed by atoms with Gasteiger partial charge in [-0.15, -0.1) is 0 Å². The topological polar surface area (TPSA) is 45.8 Å². The van der Waals surface area contributed by atoms with E-state index in [0.29, 0.717) is 5.39 Å². The summed E-state index contributed by atoms with van der Waals surface area (Å²) in [6.45, 7) is 0. The van der Waals surface area contributed by atoms with E-state index in [2.05, 4.69) is 9.36 Å². The van der Waals surface area contributed by atoms with Crippen LogP contribution in [0.4, 0.5) is 0 Å². The SMILES string of the molecule is O=c1[nH]sc2nc(-c3ccccc3)cc(-c3ccccc3)c12. The van der Waals surface area contributed by atoms with Gasteiger partial charge in [-0.25, -0.2) is 4.98 Å². The number of pyridine rings is 1. The molecule has 0 unspecified atom stereocenters. The van der Waals surface area contributed by atoms with Crippen molar-refractivity contribution in [3.8, 4) is 22.4 Å². The number of rotatable bonds is 2. The smallest absolute Gasteiger partial charge is 0.268 e. The number of benzene rings is 2. The molecule has 0 saturated carbocycles. The first kappa shape index (κ1) is 13.0. The Morgan fingerprint density at radius 1 is 0.864 bits per heavy atom. The Bertz CT molecular complexity index is 988. The summed E-state index contributed by atoms with van der Waals surface area (Å²) in [4.78, 5) is 17.5. The fourth-order valence-electron chi connectivity index (χ4n) is 2.56. The van der Waals surface area contributed by atoms with Crippen LogP contribution in [0.3, 0.4) is 0 Å². The van der Waals surface area contributed by atoms with Crippen molar-refractivity contribution >= 4 is 21.7 Å². The van der Waals surface area contributed by atoms with Crippen LogP contribution in [-0.4, -0.2) is 9.36 Å². The summed E-state index contributed by atoms with van der Waals surface area (Å²) < 4.78 is 2.79. The quantitative estimate of drug-likeness (QED) is 0.599. The molecular weight excluding hydrogens is 292 g/mol. The zero-order chi connectivity index (χ0) is 14.9. The van der Waals surface area contributed by atoms with Crippen molar-refractivity contribution < 1.29 is 0 Å². The number of fused-ring (bicyclic) bond motifs is 1. The number of nitrogens with one attached hydrogen (secondary N) is 1. The molecule has 1 N–H and O–H groups in total. The van der Waals surface area contributed by atoms with E-state index in [1.54, 1.807) is 0 Å². The van der Waals surface area contributed by atoms with Gasteiger partial charge in [0.1, 0.15) is 4.83 Å². The molecular formula is C18H12N2OS. The summed E-state index contributed by atoms with van der Waals surface area (Å²) in [6.07, 6.45) is 0. The summed E-state index contributed by atoms with van der Waals surface area (Å²) >= 11 is 1.28. The van der Waals surface area contributed by atoms with E-state index < -0.39 is 0 Å². The van der Waals surface area contributed by atoms with Crippen molar-refractivity contribution in [1.82, 2.24) is 9.36 Å². The summed E-state index contributed by atoms with van der Waals surface area (Å²) in [5.74, 6) is 0. The van der Waals surface area contributed by atoms with Crippen molar-refractivity contribution in [2.24, 2.45) is 0 Å². The third-order valence-corrected chi connectivity index (χ3v) is 4.38. The minimum Gasteiger partial charge on any atom is -0.275 e. The highest BCUT2D eigenvalue weighted by Crippen LogP contribution is 2.31. The number of aromatic amines is 1. The van der Waals surface area contributed by atoms with Gasteiger partial charge in [0, 0.05) is 5.56 Å². The Morgan fingerprint density at radius 2 is 1.50 bits per heavy atom. The van der Waals surface area contributed by atoms with E-state index in [0.717, 1.165) is 27.2 Å². The van der Waals surface area contributed by atoms with Gasteiger partial charge < -0.3 is 0 Å². The van der Waals surface area contributed by atoms with Gasteiger partial charge in [0.2, 0.25) is 0 Å². The second kappa shape index (κ2) is 5.24. The molecule has 106 valence electrons. The van der Waals surface area contributed by atoms with E-state index in [4.69, 9.17) is 0 Å². The zero-order valence-corrected chi connectivity index (χ0v) is 12.4. The monoisotopic (exact) mass is 304 g/mol. The maximum atomic E-state index is 12.1. The second-order valence-corrected chi connectivity index (χ2v) is 5.80. The Hall–Kier alpha value is -2.72. The van der Waals surface area contributed by atoms with Crippen LogP contribution in [0.1, 0.15) is 0 Å². The summed E-state index contributed by atoms with van der Waals surface area (Å²) in [6, 6.07) is 22.0. The molecule has 2 aromatic heterocycles. The van der Waals surface area contributed by atoms with Gasteiger partial charge in [-0.05, 0) is 28.7 Å². The van der Waals surface area contributed by atoms with Crippen molar-refractivity contribution in [2.75, 3.05) is 0 Å². The van der Waals surface area contributed by atoms with E-state index >= 15 is 0 Å². The van der Waals surface area contributed by atoms with Crippen LogP contribution < -0.4 is 5.56 Å². The Morgan fingerprint density at radius 3 is 2.18 bits per heavy atom. The summed E-state index contributed by atoms with van der Waals surface area (Å²) in [5.41, 5.74) is 3.79. The number of H-pyrrole nitrogens is 1. The molecule has 0 bridgehead atoms. The average Bonchev–Trinajstić information content (AvgIpc) is 2.97. The zero-order valence-electron chi connectivity index (χ0n) is 11.6. The predicted molar refractivity (Wildman–Crippen MR) is 91.1 cm³/mol. The first-order valence-corrected chi connectivity index (χ1v) is 7.77. The van der Waals surface area contributed by atoms with Crippen LogP contribution in [0.25, 0.3) is 32.6 Å². The molecule has 0 amide bonds. The lowest BCUT2D eigenvalue weighted by atomic mass is 10.0. The van der Waals surface area contributed by atoms with Crippen molar-refractivity contribution in [1.29, 1.82) is 0 Å². The van der Waals surface area contributed by atoms with Gasteiger partial charge in [-0.2, -0.15) is 0 Å². The molecule has 0 aliphatic heterocycles. The third kappa shape index (κ3) is 2.14. The van der Waals surface area contributed by atoms with Crippen LogP contribution in [0.15, 0.2) is 71.5 Å².